The standard InChI is InChI=1S/C23H37N3O2/c1-5-25(6-2)21-13-14-22(18(3)17-21)26(19(4)27)16-15-23(28)24-20-11-9-7-8-10-12-20/h13-14,17,20H,5-12,15-16H2,1-4H3,(H,24,28). The number of nitrogens with zero attached hydrogens (tertiary/aromatic N) is 2. The van der Waals surface area contributed by atoms with Gasteiger partial charge in [0, 0.05) is 50.4 Å². The van der Waals surface area contributed by atoms with Crippen LogP contribution in [-0.4, -0.2) is 37.5 Å². The highest BCUT2D eigenvalue weighted by Crippen LogP contribution is 2.26. The van der Waals surface area contributed by atoms with E-state index in [4.69, 9.17) is 0 Å². The quantitative estimate of drug-likeness (QED) is 0.672. The molecule has 1 aliphatic carbocycles. The van der Waals surface area contributed by atoms with Gasteiger partial charge in [-0.15, -0.1) is 0 Å². The molecule has 0 bridgehead atoms. The Morgan fingerprint density at radius 2 is 1.71 bits per heavy atom. The molecule has 1 aliphatic rings. The Morgan fingerprint density at radius 1 is 1.07 bits per heavy atom. The van der Waals surface area contributed by atoms with E-state index in [1.807, 2.05) is 13.0 Å². The van der Waals surface area contributed by atoms with E-state index >= 15 is 0 Å². The van der Waals surface area contributed by atoms with Gasteiger partial charge in [0.05, 0.1) is 0 Å². The molecule has 0 atom stereocenters. The first-order valence-corrected chi connectivity index (χ1v) is 10.9. The fourth-order valence-corrected chi connectivity index (χ4v) is 4.11. The summed E-state index contributed by atoms with van der Waals surface area (Å²) in [6, 6.07) is 6.50. The molecular weight excluding hydrogens is 350 g/mol. The van der Waals surface area contributed by atoms with Crippen molar-refractivity contribution in [3.8, 4) is 0 Å². The monoisotopic (exact) mass is 387 g/mol. The number of nitrogens with one attached hydrogen (secondary N) is 1. The molecule has 0 saturated heterocycles. The van der Waals surface area contributed by atoms with Crippen LogP contribution in [0.5, 0.6) is 0 Å². The summed E-state index contributed by atoms with van der Waals surface area (Å²) in [6.07, 6.45) is 7.43. The van der Waals surface area contributed by atoms with E-state index < -0.39 is 0 Å². The molecule has 0 unspecified atom stereocenters. The van der Waals surface area contributed by atoms with E-state index in [-0.39, 0.29) is 11.8 Å². The van der Waals surface area contributed by atoms with Crippen LogP contribution >= 0.6 is 0 Å². The minimum absolute atomic E-state index is 0.0269. The zero-order chi connectivity index (χ0) is 20.5. The molecule has 0 heterocycles. The fraction of sp³-hybridized carbons (Fsp3) is 0.652. The number of aryl methyl sites for hydroxylation is 1. The average molecular weight is 388 g/mol. The van der Waals surface area contributed by atoms with E-state index in [1.54, 1.807) is 11.8 Å². The van der Waals surface area contributed by atoms with Gasteiger partial charge in [-0.3, -0.25) is 9.59 Å². The van der Waals surface area contributed by atoms with Gasteiger partial charge in [0.15, 0.2) is 0 Å². The van der Waals surface area contributed by atoms with Crippen molar-refractivity contribution in [2.45, 2.75) is 78.7 Å². The maximum absolute atomic E-state index is 12.4. The van der Waals surface area contributed by atoms with Crippen molar-refractivity contribution >= 4 is 23.2 Å². The number of hydrogen-bond donors (Lipinski definition) is 1. The normalized spacial score (nSPS) is 15.0. The van der Waals surface area contributed by atoms with Crippen LogP contribution in [0.25, 0.3) is 0 Å². The summed E-state index contributed by atoms with van der Waals surface area (Å²) in [7, 11) is 0. The summed E-state index contributed by atoms with van der Waals surface area (Å²) in [6.45, 7) is 10.2. The summed E-state index contributed by atoms with van der Waals surface area (Å²) in [4.78, 5) is 28.7. The summed E-state index contributed by atoms with van der Waals surface area (Å²) in [5.41, 5.74) is 3.12. The maximum atomic E-state index is 12.4. The van der Waals surface area contributed by atoms with Crippen molar-refractivity contribution in [2.75, 3.05) is 29.4 Å². The molecule has 0 spiro atoms. The smallest absolute Gasteiger partial charge is 0.223 e. The van der Waals surface area contributed by atoms with Crippen molar-refractivity contribution in [2.24, 2.45) is 0 Å². The van der Waals surface area contributed by atoms with Crippen molar-refractivity contribution < 1.29 is 9.59 Å². The number of anilines is 2. The summed E-state index contributed by atoms with van der Waals surface area (Å²) < 4.78 is 0. The van der Waals surface area contributed by atoms with Crippen LogP contribution in [0.1, 0.15) is 71.3 Å². The number of rotatable bonds is 8. The minimum Gasteiger partial charge on any atom is -0.372 e. The molecule has 1 fully saturated rings. The first kappa shape index (κ1) is 22.3. The number of carbonyl (C=O) groups is 2. The largest absolute Gasteiger partial charge is 0.372 e. The Labute approximate surface area is 170 Å². The Bertz CT molecular complexity index is 647. The number of amides is 2. The van der Waals surface area contributed by atoms with Crippen LogP contribution in [0, 0.1) is 6.92 Å². The first-order valence-electron chi connectivity index (χ1n) is 10.9. The second-order valence-electron chi connectivity index (χ2n) is 7.82. The number of benzene rings is 1. The predicted octanol–water partition coefficient (Wildman–Crippen LogP) is 4.42. The molecule has 156 valence electrons. The third kappa shape index (κ3) is 6.25. The Balaban J connectivity index is 2.00. The second kappa shape index (κ2) is 11.1. The number of hydrogen-bond acceptors (Lipinski definition) is 3. The van der Waals surface area contributed by atoms with Crippen LogP contribution in [0.4, 0.5) is 11.4 Å². The van der Waals surface area contributed by atoms with Gasteiger partial charge in [-0.2, -0.15) is 0 Å². The lowest BCUT2D eigenvalue weighted by molar-refractivity contribution is -0.121. The molecule has 1 saturated carbocycles. The zero-order valence-electron chi connectivity index (χ0n) is 18.1. The number of carbonyl (C=O) groups excluding carboxylic acids is 2. The third-order valence-corrected chi connectivity index (χ3v) is 5.76. The average Bonchev–Trinajstić information content (AvgIpc) is 2.92. The van der Waals surface area contributed by atoms with Crippen LogP contribution in [0.15, 0.2) is 18.2 Å². The van der Waals surface area contributed by atoms with E-state index in [2.05, 4.69) is 36.2 Å². The molecule has 28 heavy (non-hydrogen) atoms. The lowest BCUT2D eigenvalue weighted by atomic mass is 10.1. The predicted molar refractivity (Wildman–Crippen MR) is 117 cm³/mol. The van der Waals surface area contributed by atoms with Gasteiger partial charge in [0.2, 0.25) is 11.8 Å². The topological polar surface area (TPSA) is 52.6 Å². The molecular formula is C23H37N3O2. The van der Waals surface area contributed by atoms with E-state index in [1.165, 1.54) is 31.4 Å². The van der Waals surface area contributed by atoms with Crippen LogP contribution in [0.2, 0.25) is 0 Å². The zero-order valence-corrected chi connectivity index (χ0v) is 18.1. The van der Waals surface area contributed by atoms with E-state index in [9.17, 15) is 9.59 Å². The third-order valence-electron chi connectivity index (χ3n) is 5.76. The van der Waals surface area contributed by atoms with Crippen molar-refractivity contribution in [3.63, 3.8) is 0 Å². The summed E-state index contributed by atoms with van der Waals surface area (Å²) in [5, 5.41) is 3.17. The van der Waals surface area contributed by atoms with Crippen molar-refractivity contribution in [1.82, 2.24) is 5.32 Å². The molecule has 1 aromatic carbocycles. The van der Waals surface area contributed by atoms with Gasteiger partial charge < -0.3 is 15.1 Å². The SMILES string of the molecule is CCN(CC)c1ccc(N(CCC(=O)NC2CCCCCC2)C(C)=O)c(C)c1. The van der Waals surface area contributed by atoms with Gasteiger partial charge in [0.1, 0.15) is 0 Å². The highest BCUT2D eigenvalue weighted by atomic mass is 16.2. The van der Waals surface area contributed by atoms with Crippen LogP contribution in [-0.2, 0) is 9.59 Å². The molecule has 5 heteroatoms. The van der Waals surface area contributed by atoms with Crippen LogP contribution < -0.4 is 15.1 Å². The maximum Gasteiger partial charge on any atom is 0.223 e. The van der Waals surface area contributed by atoms with Crippen LogP contribution in [0.3, 0.4) is 0 Å². The lowest BCUT2D eigenvalue weighted by Gasteiger charge is -2.26. The lowest BCUT2D eigenvalue weighted by Crippen LogP contribution is -2.38. The van der Waals surface area contributed by atoms with Crippen molar-refractivity contribution in [1.29, 1.82) is 0 Å². The molecule has 5 nitrogen and oxygen atoms in total. The Kier molecular flexibility index (Phi) is 8.81. The first-order chi connectivity index (χ1) is 13.5. The van der Waals surface area contributed by atoms with Gasteiger partial charge in [0.25, 0.3) is 0 Å². The second-order valence-corrected chi connectivity index (χ2v) is 7.82. The molecule has 1 aromatic rings. The fourth-order valence-electron chi connectivity index (χ4n) is 4.11. The van der Waals surface area contributed by atoms with Gasteiger partial charge in [-0.1, -0.05) is 25.7 Å². The van der Waals surface area contributed by atoms with E-state index in [0.717, 1.165) is 37.2 Å². The highest BCUT2D eigenvalue weighted by Gasteiger charge is 2.19. The molecule has 0 aromatic heterocycles. The summed E-state index contributed by atoms with van der Waals surface area (Å²) >= 11 is 0. The molecule has 1 N–H and O–H groups in total. The summed E-state index contributed by atoms with van der Waals surface area (Å²) in [5.74, 6) is 0.0246. The minimum atomic E-state index is -0.0269. The molecule has 2 rings (SSSR count). The Morgan fingerprint density at radius 3 is 2.25 bits per heavy atom. The highest BCUT2D eigenvalue weighted by molar-refractivity contribution is 5.93. The Hall–Kier alpha value is -2.04. The molecule has 0 aliphatic heterocycles. The molecule has 2 amide bonds. The van der Waals surface area contributed by atoms with Gasteiger partial charge in [-0.25, -0.2) is 0 Å². The van der Waals surface area contributed by atoms with Crippen molar-refractivity contribution in [3.05, 3.63) is 23.8 Å². The van der Waals surface area contributed by atoms with Gasteiger partial charge >= 0.3 is 0 Å². The van der Waals surface area contributed by atoms with E-state index in [0.29, 0.717) is 19.0 Å². The molecule has 0 radical (unpaired) electrons. The van der Waals surface area contributed by atoms with Gasteiger partial charge in [-0.05, 0) is 57.4 Å².